The van der Waals surface area contributed by atoms with Gasteiger partial charge < -0.3 is 19.5 Å². The first-order valence-electron chi connectivity index (χ1n) is 10.6. The SMILES string of the molecule is CN[C@H]1[C@H]2COC[C@H]2N(C(=O)OC)[C@H]1COC1CCC(c2cccc(F)c2)CC1. The minimum absolute atomic E-state index is 0.0391. The quantitative estimate of drug-likeness (QED) is 0.815. The summed E-state index contributed by atoms with van der Waals surface area (Å²) in [7, 11) is 3.35. The van der Waals surface area contributed by atoms with Crippen LogP contribution in [0, 0.1) is 11.7 Å². The number of amides is 1. The van der Waals surface area contributed by atoms with Crippen LogP contribution in [0.3, 0.4) is 0 Å². The number of hydrogen-bond donors (Lipinski definition) is 1. The Bertz CT molecular complexity index is 710. The van der Waals surface area contributed by atoms with Gasteiger partial charge in [-0.05, 0) is 56.3 Å². The van der Waals surface area contributed by atoms with E-state index in [-0.39, 0.29) is 42.1 Å². The van der Waals surface area contributed by atoms with Gasteiger partial charge in [0.2, 0.25) is 0 Å². The molecule has 7 heteroatoms. The van der Waals surface area contributed by atoms with Crippen molar-refractivity contribution in [1.29, 1.82) is 0 Å². The molecule has 6 nitrogen and oxygen atoms in total. The van der Waals surface area contributed by atoms with Gasteiger partial charge >= 0.3 is 6.09 Å². The van der Waals surface area contributed by atoms with Gasteiger partial charge in [-0.25, -0.2) is 9.18 Å². The third-order valence-electron chi connectivity index (χ3n) is 6.90. The molecule has 1 amide bonds. The summed E-state index contributed by atoms with van der Waals surface area (Å²) in [4.78, 5) is 14.3. The van der Waals surface area contributed by atoms with Crippen molar-refractivity contribution in [2.24, 2.45) is 5.92 Å². The predicted molar refractivity (Wildman–Crippen MR) is 106 cm³/mol. The highest BCUT2D eigenvalue weighted by molar-refractivity contribution is 5.69. The number of nitrogens with one attached hydrogen (secondary N) is 1. The summed E-state index contributed by atoms with van der Waals surface area (Å²) in [5.41, 5.74) is 1.08. The van der Waals surface area contributed by atoms with Crippen LogP contribution in [0.2, 0.25) is 0 Å². The van der Waals surface area contributed by atoms with Crippen molar-refractivity contribution in [3.05, 3.63) is 35.6 Å². The highest BCUT2D eigenvalue weighted by atomic mass is 19.1. The van der Waals surface area contributed by atoms with E-state index in [1.165, 1.54) is 13.2 Å². The lowest BCUT2D eigenvalue weighted by molar-refractivity contribution is -0.0145. The van der Waals surface area contributed by atoms with Crippen LogP contribution in [0.4, 0.5) is 9.18 Å². The fourth-order valence-corrected chi connectivity index (χ4v) is 5.42. The molecule has 1 N–H and O–H groups in total. The van der Waals surface area contributed by atoms with Gasteiger partial charge in [0.25, 0.3) is 0 Å². The van der Waals surface area contributed by atoms with Crippen LogP contribution in [0.1, 0.15) is 37.2 Å². The van der Waals surface area contributed by atoms with Crippen LogP contribution >= 0.6 is 0 Å². The molecule has 3 aliphatic rings. The first kappa shape index (κ1) is 20.6. The molecule has 0 unspecified atom stereocenters. The van der Waals surface area contributed by atoms with E-state index in [0.717, 1.165) is 31.2 Å². The van der Waals surface area contributed by atoms with Gasteiger partial charge in [0.1, 0.15) is 5.82 Å². The van der Waals surface area contributed by atoms with Gasteiger partial charge in [-0.2, -0.15) is 0 Å². The lowest BCUT2D eigenvalue weighted by atomic mass is 9.82. The van der Waals surface area contributed by atoms with E-state index < -0.39 is 0 Å². The molecule has 0 aromatic heterocycles. The summed E-state index contributed by atoms with van der Waals surface area (Å²) in [6.45, 7) is 1.69. The number of carbonyl (C=O) groups is 1. The Kier molecular flexibility index (Phi) is 6.37. The molecule has 1 saturated carbocycles. The first-order valence-corrected chi connectivity index (χ1v) is 10.6. The molecule has 1 aliphatic carbocycles. The zero-order valence-corrected chi connectivity index (χ0v) is 17.2. The van der Waals surface area contributed by atoms with Gasteiger partial charge in [0.05, 0.1) is 45.1 Å². The number of halogens is 1. The number of likely N-dealkylation sites (N-methyl/N-ethyl adjacent to an activating group) is 1. The van der Waals surface area contributed by atoms with Crippen molar-refractivity contribution in [1.82, 2.24) is 10.2 Å². The summed E-state index contributed by atoms with van der Waals surface area (Å²) in [5.74, 6) is 0.485. The number of ether oxygens (including phenoxy) is 3. The fraction of sp³-hybridized carbons (Fsp3) is 0.682. The number of hydrogen-bond acceptors (Lipinski definition) is 5. The Labute approximate surface area is 171 Å². The summed E-state index contributed by atoms with van der Waals surface area (Å²) in [5, 5.41) is 3.37. The molecule has 160 valence electrons. The zero-order valence-electron chi connectivity index (χ0n) is 17.2. The molecule has 2 aliphatic heterocycles. The maximum atomic E-state index is 13.5. The maximum Gasteiger partial charge on any atom is 0.410 e. The van der Waals surface area contributed by atoms with Crippen LogP contribution in [0.5, 0.6) is 0 Å². The molecule has 2 saturated heterocycles. The molecule has 3 fully saturated rings. The van der Waals surface area contributed by atoms with E-state index >= 15 is 0 Å². The molecular weight excluding hydrogens is 375 g/mol. The molecule has 29 heavy (non-hydrogen) atoms. The van der Waals surface area contributed by atoms with Crippen LogP contribution in [0.15, 0.2) is 24.3 Å². The molecule has 1 aromatic rings. The lowest BCUT2D eigenvalue weighted by Gasteiger charge is -2.33. The number of benzene rings is 1. The first-order chi connectivity index (χ1) is 14.1. The van der Waals surface area contributed by atoms with Crippen LogP contribution in [-0.2, 0) is 14.2 Å². The second-order valence-corrected chi connectivity index (χ2v) is 8.39. The number of likely N-dealkylation sites (tertiary alicyclic amines) is 1. The minimum atomic E-state index is -0.313. The van der Waals surface area contributed by atoms with E-state index in [9.17, 15) is 9.18 Å². The average Bonchev–Trinajstić information content (AvgIpc) is 3.32. The second-order valence-electron chi connectivity index (χ2n) is 8.39. The number of methoxy groups -OCH3 is 1. The third kappa shape index (κ3) is 4.13. The Balaban J connectivity index is 1.35. The van der Waals surface area contributed by atoms with Crippen LogP contribution in [-0.4, -0.2) is 69.2 Å². The average molecular weight is 406 g/mol. The van der Waals surface area contributed by atoms with Gasteiger partial charge in [0.15, 0.2) is 0 Å². The number of fused-ring (bicyclic) bond motifs is 1. The van der Waals surface area contributed by atoms with Crippen molar-refractivity contribution in [2.75, 3.05) is 34.0 Å². The van der Waals surface area contributed by atoms with Crippen molar-refractivity contribution in [3.8, 4) is 0 Å². The number of carbonyl (C=O) groups excluding carboxylic acids is 1. The van der Waals surface area contributed by atoms with E-state index in [1.54, 1.807) is 12.1 Å². The van der Waals surface area contributed by atoms with E-state index in [1.807, 2.05) is 18.0 Å². The summed E-state index contributed by atoms with van der Waals surface area (Å²) >= 11 is 0. The van der Waals surface area contributed by atoms with Crippen molar-refractivity contribution in [2.45, 2.75) is 55.8 Å². The predicted octanol–water partition coefficient (Wildman–Crippen LogP) is 2.92. The van der Waals surface area contributed by atoms with Gasteiger partial charge in [-0.1, -0.05) is 12.1 Å². The van der Waals surface area contributed by atoms with Gasteiger partial charge in [-0.3, -0.25) is 4.90 Å². The van der Waals surface area contributed by atoms with E-state index in [0.29, 0.717) is 25.7 Å². The van der Waals surface area contributed by atoms with Crippen LogP contribution < -0.4 is 5.32 Å². The largest absolute Gasteiger partial charge is 0.453 e. The highest BCUT2D eigenvalue weighted by Gasteiger charge is 2.53. The normalized spacial score (nSPS) is 34.2. The Morgan fingerprint density at radius 1 is 1.28 bits per heavy atom. The fourth-order valence-electron chi connectivity index (χ4n) is 5.42. The monoisotopic (exact) mass is 406 g/mol. The molecule has 4 atom stereocenters. The van der Waals surface area contributed by atoms with Crippen molar-refractivity contribution >= 4 is 6.09 Å². The topological polar surface area (TPSA) is 60.0 Å². The molecule has 1 aromatic carbocycles. The molecule has 2 heterocycles. The van der Waals surface area contributed by atoms with E-state index in [2.05, 4.69) is 5.32 Å². The Morgan fingerprint density at radius 2 is 2.07 bits per heavy atom. The lowest BCUT2D eigenvalue weighted by Crippen LogP contribution is -2.50. The summed E-state index contributed by atoms with van der Waals surface area (Å²) in [6.07, 6.45) is 3.75. The highest BCUT2D eigenvalue weighted by Crippen LogP contribution is 2.37. The molecule has 4 rings (SSSR count). The van der Waals surface area contributed by atoms with Crippen LogP contribution in [0.25, 0.3) is 0 Å². The molecular formula is C22H31FN2O4. The number of nitrogens with zero attached hydrogens (tertiary/aromatic N) is 1. The Morgan fingerprint density at radius 3 is 2.76 bits per heavy atom. The Hall–Kier alpha value is -1.70. The molecule has 0 bridgehead atoms. The summed E-state index contributed by atoms with van der Waals surface area (Å²) < 4.78 is 30.5. The third-order valence-corrected chi connectivity index (χ3v) is 6.90. The standard InChI is InChI=1S/C22H31FN2O4/c1-24-21-18-11-28-12-19(18)25(22(26)27-2)20(21)13-29-17-8-6-14(7-9-17)15-4-3-5-16(23)10-15/h3-5,10,14,17-21,24H,6-9,11-13H2,1-2H3/t14?,17?,18-,19+,20-,21-/m0/s1. The van der Waals surface area contributed by atoms with Crippen molar-refractivity contribution < 1.29 is 23.4 Å². The van der Waals surface area contributed by atoms with Crippen molar-refractivity contribution in [3.63, 3.8) is 0 Å². The van der Waals surface area contributed by atoms with E-state index in [4.69, 9.17) is 14.2 Å². The zero-order chi connectivity index (χ0) is 20.4. The molecule has 0 radical (unpaired) electrons. The van der Waals surface area contributed by atoms with Gasteiger partial charge in [-0.15, -0.1) is 0 Å². The van der Waals surface area contributed by atoms with Gasteiger partial charge in [0, 0.05) is 12.0 Å². The maximum absolute atomic E-state index is 13.5. The molecule has 0 spiro atoms. The second kappa shape index (κ2) is 8.98. The number of rotatable bonds is 5. The smallest absolute Gasteiger partial charge is 0.410 e. The minimum Gasteiger partial charge on any atom is -0.453 e. The summed E-state index contributed by atoms with van der Waals surface area (Å²) in [6, 6.07) is 7.05.